The van der Waals surface area contributed by atoms with Gasteiger partial charge in [0.15, 0.2) is 0 Å². The van der Waals surface area contributed by atoms with Crippen LogP contribution in [0.4, 0.5) is 4.79 Å². The van der Waals surface area contributed by atoms with Crippen molar-refractivity contribution in [3.05, 3.63) is 29.3 Å². The topological polar surface area (TPSA) is 78.9 Å². The predicted molar refractivity (Wildman–Crippen MR) is 86.5 cm³/mol. The molecule has 3 amide bonds. The zero-order valence-corrected chi connectivity index (χ0v) is 14.0. The summed E-state index contributed by atoms with van der Waals surface area (Å²) in [5, 5.41) is 12.4. The lowest BCUT2D eigenvalue weighted by Crippen LogP contribution is -2.39. The first-order valence-corrected chi connectivity index (χ1v) is 7.68. The van der Waals surface area contributed by atoms with Gasteiger partial charge in [0, 0.05) is 0 Å². The van der Waals surface area contributed by atoms with Crippen LogP contribution in [0.5, 0.6) is 5.75 Å². The molecule has 1 saturated heterocycles. The van der Waals surface area contributed by atoms with Gasteiger partial charge in [-0.3, -0.25) is 9.69 Å². The number of urea groups is 1. The first kappa shape index (κ1) is 17.3. The molecule has 0 radical (unpaired) electrons. The van der Waals surface area contributed by atoms with Gasteiger partial charge < -0.3 is 15.2 Å². The van der Waals surface area contributed by atoms with Crippen molar-refractivity contribution in [2.24, 2.45) is 0 Å². The molecular weight excluding hydrogens is 296 g/mol. The molecule has 23 heavy (non-hydrogen) atoms. The summed E-state index contributed by atoms with van der Waals surface area (Å²) in [4.78, 5) is 23.9. The van der Waals surface area contributed by atoms with Crippen molar-refractivity contribution in [3.63, 3.8) is 0 Å². The molecule has 1 atom stereocenters. The number of β-amino-alcohol motifs (C(OH)–C–C–N with tert-alkyl or cyclic N) is 1. The van der Waals surface area contributed by atoms with E-state index in [2.05, 4.69) is 32.2 Å². The Bertz CT molecular complexity index is 591. The Kier molecular flexibility index (Phi) is 4.94. The zero-order valence-electron chi connectivity index (χ0n) is 14.0. The number of ether oxygens (including phenoxy) is 1. The highest BCUT2D eigenvalue weighted by Crippen LogP contribution is 2.27. The van der Waals surface area contributed by atoms with Gasteiger partial charge >= 0.3 is 6.03 Å². The minimum Gasteiger partial charge on any atom is -0.491 e. The Morgan fingerprint density at radius 3 is 2.57 bits per heavy atom. The smallest absolute Gasteiger partial charge is 0.324 e. The fourth-order valence-corrected chi connectivity index (χ4v) is 2.37. The van der Waals surface area contributed by atoms with Crippen molar-refractivity contribution >= 4 is 11.9 Å². The van der Waals surface area contributed by atoms with Gasteiger partial charge in [0.1, 0.15) is 18.5 Å². The monoisotopic (exact) mass is 320 g/mol. The number of amides is 3. The molecule has 0 aromatic heterocycles. The van der Waals surface area contributed by atoms with E-state index in [4.69, 9.17) is 4.74 Å². The van der Waals surface area contributed by atoms with Gasteiger partial charge in [0.25, 0.3) is 0 Å². The summed E-state index contributed by atoms with van der Waals surface area (Å²) < 4.78 is 5.63. The molecule has 0 unspecified atom stereocenters. The second-order valence-electron chi connectivity index (χ2n) is 6.86. The van der Waals surface area contributed by atoms with Crippen molar-refractivity contribution in [1.29, 1.82) is 0 Å². The molecule has 0 bridgehead atoms. The van der Waals surface area contributed by atoms with E-state index in [0.29, 0.717) is 5.75 Å². The SMILES string of the molecule is Cc1cc(C(C)(C)C)ccc1OC[C@H](O)CN1C(=O)CNC1=O. The minimum absolute atomic E-state index is 0.0141. The number of rotatable bonds is 5. The Balaban J connectivity index is 1.93. The van der Waals surface area contributed by atoms with Crippen LogP contribution in [0.25, 0.3) is 0 Å². The summed E-state index contributed by atoms with van der Waals surface area (Å²) in [5.74, 6) is 0.356. The second kappa shape index (κ2) is 6.58. The summed E-state index contributed by atoms with van der Waals surface area (Å²) in [6.45, 7) is 8.32. The molecule has 6 nitrogen and oxygen atoms in total. The van der Waals surface area contributed by atoms with Gasteiger partial charge in [-0.25, -0.2) is 4.79 Å². The summed E-state index contributed by atoms with van der Waals surface area (Å²) in [6, 6.07) is 5.49. The quantitative estimate of drug-likeness (QED) is 0.808. The summed E-state index contributed by atoms with van der Waals surface area (Å²) >= 11 is 0. The van der Waals surface area contributed by atoms with Gasteiger partial charge in [-0.1, -0.05) is 32.9 Å². The lowest BCUT2D eigenvalue weighted by Gasteiger charge is -2.21. The zero-order chi connectivity index (χ0) is 17.2. The first-order valence-electron chi connectivity index (χ1n) is 7.68. The molecule has 1 aromatic carbocycles. The Hall–Kier alpha value is -2.08. The van der Waals surface area contributed by atoms with Crippen LogP contribution in [0.2, 0.25) is 0 Å². The molecule has 0 spiro atoms. The summed E-state index contributed by atoms with van der Waals surface area (Å²) in [7, 11) is 0. The van der Waals surface area contributed by atoms with Crippen molar-refractivity contribution in [2.75, 3.05) is 19.7 Å². The fourth-order valence-electron chi connectivity index (χ4n) is 2.37. The third-order valence-corrected chi connectivity index (χ3v) is 3.80. The second-order valence-corrected chi connectivity index (χ2v) is 6.86. The molecule has 1 aliphatic rings. The Morgan fingerprint density at radius 1 is 1.35 bits per heavy atom. The van der Waals surface area contributed by atoms with Crippen LogP contribution in [0.15, 0.2) is 18.2 Å². The molecule has 6 heteroatoms. The van der Waals surface area contributed by atoms with Crippen molar-refractivity contribution in [1.82, 2.24) is 10.2 Å². The maximum Gasteiger partial charge on any atom is 0.324 e. The number of carbonyl (C=O) groups excluding carboxylic acids is 2. The maximum atomic E-state index is 11.5. The number of hydrogen-bond donors (Lipinski definition) is 2. The van der Waals surface area contributed by atoms with Crippen LogP contribution in [0.3, 0.4) is 0 Å². The molecule has 126 valence electrons. The fraction of sp³-hybridized carbons (Fsp3) is 0.529. The third kappa shape index (κ3) is 4.22. The van der Waals surface area contributed by atoms with E-state index in [9.17, 15) is 14.7 Å². The van der Waals surface area contributed by atoms with E-state index < -0.39 is 12.1 Å². The molecular formula is C17H24N2O4. The Labute approximate surface area is 136 Å². The van der Waals surface area contributed by atoms with E-state index >= 15 is 0 Å². The van der Waals surface area contributed by atoms with Crippen LogP contribution in [0.1, 0.15) is 31.9 Å². The molecule has 0 aliphatic carbocycles. The number of imide groups is 1. The third-order valence-electron chi connectivity index (χ3n) is 3.80. The highest BCUT2D eigenvalue weighted by molar-refractivity contribution is 6.01. The number of benzene rings is 1. The lowest BCUT2D eigenvalue weighted by molar-refractivity contribution is -0.126. The van der Waals surface area contributed by atoms with Crippen molar-refractivity contribution < 1.29 is 19.4 Å². The van der Waals surface area contributed by atoms with Gasteiger partial charge in [-0.2, -0.15) is 0 Å². The number of aliphatic hydroxyl groups excluding tert-OH is 1. The molecule has 1 fully saturated rings. The van der Waals surface area contributed by atoms with E-state index in [1.807, 2.05) is 19.1 Å². The van der Waals surface area contributed by atoms with Crippen LogP contribution >= 0.6 is 0 Å². The van der Waals surface area contributed by atoms with Crippen LogP contribution in [-0.2, 0) is 10.2 Å². The average molecular weight is 320 g/mol. The van der Waals surface area contributed by atoms with Crippen molar-refractivity contribution in [2.45, 2.75) is 39.2 Å². The minimum atomic E-state index is -0.926. The summed E-state index contributed by atoms with van der Waals surface area (Å²) in [5.41, 5.74) is 2.26. The van der Waals surface area contributed by atoms with Crippen LogP contribution in [0, 0.1) is 6.92 Å². The van der Waals surface area contributed by atoms with Gasteiger partial charge in [0.2, 0.25) is 5.91 Å². The number of nitrogens with one attached hydrogen (secondary N) is 1. The molecule has 1 heterocycles. The van der Waals surface area contributed by atoms with E-state index in [1.165, 1.54) is 5.56 Å². The molecule has 2 rings (SSSR count). The normalized spacial score (nSPS) is 16.5. The molecule has 1 aromatic rings. The highest BCUT2D eigenvalue weighted by Gasteiger charge is 2.30. The van der Waals surface area contributed by atoms with E-state index in [0.717, 1.165) is 10.5 Å². The lowest BCUT2D eigenvalue weighted by atomic mass is 9.86. The average Bonchev–Trinajstić information content (AvgIpc) is 2.77. The van der Waals surface area contributed by atoms with E-state index in [1.54, 1.807) is 0 Å². The van der Waals surface area contributed by atoms with Gasteiger partial charge in [-0.05, 0) is 29.5 Å². The molecule has 0 saturated carbocycles. The van der Waals surface area contributed by atoms with Crippen molar-refractivity contribution in [3.8, 4) is 5.75 Å². The van der Waals surface area contributed by atoms with Gasteiger partial charge in [0.05, 0.1) is 13.1 Å². The number of carbonyl (C=O) groups is 2. The number of hydrogen-bond acceptors (Lipinski definition) is 4. The molecule has 1 aliphatic heterocycles. The van der Waals surface area contributed by atoms with Crippen LogP contribution in [-0.4, -0.2) is 47.7 Å². The van der Waals surface area contributed by atoms with Crippen LogP contribution < -0.4 is 10.1 Å². The number of nitrogens with zero attached hydrogens (tertiary/aromatic N) is 1. The first-order chi connectivity index (χ1) is 10.7. The van der Waals surface area contributed by atoms with E-state index in [-0.39, 0.29) is 31.0 Å². The standard InChI is InChI=1S/C17H24N2O4/c1-11-7-12(17(2,3)4)5-6-14(11)23-10-13(20)9-19-15(21)8-18-16(19)22/h5-7,13,20H,8-10H2,1-4H3,(H,18,22)/t13-/m1/s1. The largest absolute Gasteiger partial charge is 0.491 e. The number of aryl methyl sites for hydroxylation is 1. The maximum absolute atomic E-state index is 11.5. The predicted octanol–water partition coefficient (Wildman–Crippen LogP) is 1.58. The Morgan fingerprint density at radius 2 is 2.04 bits per heavy atom. The highest BCUT2D eigenvalue weighted by atomic mass is 16.5. The molecule has 2 N–H and O–H groups in total. The number of aliphatic hydroxyl groups is 1. The van der Waals surface area contributed by atoms with Gasteiger partial charge in [-0.15, -0.1) is 0 Å². The summed E-state index contributed by atoms with van der Waals surface area (Å²) in [6.07, 6.45) is -0.926.